The van der Waals surface area contributed by atoms with E-state index in [0.29, 0.717) is 23.3 Å². The van der Waals surface area contributed by atoms with Crippen LogP contribution in [-0.2, 0) is 17.8 Å². The topological polar surface area (TPSA) is 68.0 Å². The average molecular weight is 239 g/mol. The molecule has 0 fully saturated rings. The number of aromatic nitrogens is 3. The Kier molecular flexibility index (Phi) is 4.78. The summed E-state index contributed by atoms with van der Waals surface area (Å²) in [6.07, 6.45) is 3.32. The minimum absolute atomic E-state index is 0.129. The highest BCUT2D eigenvalue weighted by Gasteiger charge is 2.13. The number of aliphatic carboxylic acids is 1. The Balaban J connectivity index is 2.90. The van der Waals surface area contributed by atoms with Crippen LogP contribution in [0.2, 0.25) is 0 Å². The maximum atomic E-state index is 10.6. The van der Waals surface area contributed by atoms with Crippen molar-refractivity contribution in [2.75, 3.05) is 5.75 Å². The van der Waals surface area contributed by atoms with Gasteiger partial charge in [-0.2, -0.15) is 0 Å². The first-order valence-electron chi connectivity index (χ1n) is 4.67. The van der Waals surface area contributed by atoms with Gasteiger partial charge in [0.2, 0.25) is 0 Å². The number of allylic oxidation sites excluding steroid dienone is 1. The van der Waals surface area contributed by atoms with Crippen molar-refractivity contribution in [2.45, 2.75) is 18.1 Å². The largest absolute Gasteiger partial charge is 0.481 e. The molecule has 0 aliphatic carbocycles. The van der Waals surface area contributed by atoms with Gasteiger partial charge in [0.15, 0.2) is 5.16 Å². The normalized spacial score (nSPS) is 10.0. The first-order valence-corrected chi connectivity index (χ1v) is 5.66. The van der Waals surface area contributed by atoms with E-state index in [9.17, 15) is 4.79 Å². The Morgan fingerprint density at radius 3 is 2.75 bits per heavy atom. The van der Waals surface area contributed by atoms with Crippen LogP contribution >= 0.6 is 11.8 Å². The summed E-state index contributed by atoms with van der Waals surface area (Å²) in [6.45, 7) is 7.75. The summed E-state index contributed by atoms with van der Waals surface area (Å²) in [6, 6.07) is 0. The minimum Gasteiger partial charge on any atom is -0.481 e. The number of nitrogens with zero attached hydrogens (tertiary/aromatic N) is 3. The molecule has 0 saturated heterocycles. The fourth-order valence-electron chi connectivity index (χ4n) is 1.14. The van der Waals surface area contributed by atoms with E-state index in [0.717, 1.165) is 0 Å². The molecular formula is C10H13N3O2S. The summed E-state index contributed by atoms with van der Waals surface area (Å²) in [4.78, 5) is 10.6. The Bertz CT molecular complexity index is 401. The van der Waals surface area contributed by atoms with Crippen LogP contribution < -0.4 is 0 Å². The lowest BCUT2D eigenvalue weighted by Gasteiger charge is -2.04. The number of rotatable bonds is 7. The molecule has 0 radical (unpaired) electrons. The first kappa shape index (κ1) is 12.5. The summed E-state index contributed by atoms with van der Waals surface area (Å²) < 4.78 is 1.75. The molecule has 1 N–H and O–H groups in total. The zero-order valence-electron chi connectivity index (χ0n) is 8.80. The number of thioether (sulfide) groups is 1. The molecule has 0 amide bonds. The molecular weight excluding hydrogens is 226 g/mol. The van der Waals surface area contributed by atoms with Gasteiger partial charge in [-0.1, -0.05) is 23.9 Å². The van der Waals surface area contributed by atoms with Gasteiger partial charge >= 0.3 is 5.97 Å². The number of carboxylic acids is 1. The van der Waals surface area contributed by atoms with E-state index in [1.165, 1.54) is 11.8 Å². The zero-order valence-corrected chi connectivity index (χ0v) is 9.61. The quantitative estimate of drug-likeness (QED) is 0.575. The molecule has 5 nitrogen and oxygen atoms in total. The number of carbonyl (C=O) groups is 1. The monoisotopic (exact) mass is 239 g/mol. The molecule has 0 unspecified atom stereocenters. The van der Waals surface area contributed by atoms with Gasteiger partial charge < -0.3 is 9.67 Å². The Morgan fingerprint density at radius 1 is 1.44 bits per heavy atom. The molecule has 0 aromatic carbocycles. The molecule has 0 aliphatic heterocycles. The van der Waals surface area contributed by atoms with E-state index in [-0.39, 0.29) is 6.42 Å². The van der Waals surface area contributed by atoms with E-state index < -0.39 is 5.97 Å². The molecule has 86 valence electrons. The molecule has 0 spiro atoms. The van der Waals surface area contributed by atoms with Gasteiger partial charge in [-0.05, 0) is 0 Å². The molecule has 16 heavy (non-hydrogen) atoms. The van der Waals surface area contributed by atoms with Crippen molar-refractivity contribution < 1.29 is 9.90 Å². The molecule has 0 atom stereocenters. The van der Waals surface area contributed by atoms with Crippen molar-refractivity contribution in [1.82, 2.24) is 14.8 Å². The third-order valence-electron chi connectivity index (χ3n) is 1.74. The minimum atomic E-state index is -0.919. The fraction of sp³-hybridized carbons (Fsp3) is 0.300. The van der Waals surface area contributed by atoms with E-state index in [2.05, 4.69) is 23.4 Å². The van der Waals surface area contributed by atoms with Gasteiger partial charge in [0.1, 0.15) is 12.2 Å². The maximum Gasteiger partial charge on any atom is 0.311 e. The maximum absolute atomic E-state index is 10.6. The summed E-state index contributed by atoms with van der Waals surface area (Å²) >= 11 is 1.47. The van der Waals surface area contributed by atoms with Crippen molar-refractivity contribution >= 4 is 17.7 Å². The van der Waals surface area contributed by atoms with E-state index in [1.807, 2.05) is 0 Å². The second kappa shape index (κ2) is 6.12. The molecule has 0 saturated carbocycles. The first-order chi connectivity index (χ1) is 7.69. The smallest absolute Gasteiger partial charge is 0.311 e. The Labute approximate surface area is 97.9 Å². The Hall–Kier alpha value is -1.56. The van der Waals surface area contributed by atoms with E-state index in [4.69, 9.17) is 5.11 Å². The van der Waals surface area contributed by atoms with E-state index in [1.54, 1.807) is 16.7 Å². The molecule has 1 aromatic rings. The van der Waals surface area contributed by atoms with Crippen LogP contribution in [0.1, 0.15) is 5.82 Å². The standard InChI is InChI=1S/C10H13N3O2S/c1-3-5-13-8(7-9(14)15)11-12-10(13)16-6-4-2/h3-4H,1-2,5-7H2,(H,14,15). The van der Waals surface area contributed by atoms with Gasteiger partial charge in [0.25, 0.3) is 0 Å². The van der Waals surface area contributed by atoms with Gasteiger partial charge in [-0.25, -0.2) is 0 Å². The average Bonchev–Trinajstić information content (AvgIpc) is 2.59. The molecule has 6 heteroatoms. The fourth-order valence-corrected chi connectivity index (χ4v) is 1.84. The van der Waals surface area contributed by atoms with Crippen LogP contribution in [0.25, 0.3) is 0 Å². The number of carboxylic acid groups (broad SMARTS) is 1. The Morgan fingerprint density at radius 2 is 2.19 bits per heavy atom. The lowest BCUT2D eigenvalue weighted by atomic mass is 10.4. The van der Waals surface area contributed by atoms with Crippen LogP contribution in [0, 0.1) is 0 Å². The highest BCUT2D eigenvalue weighted by atomic mass is 32.2. The van der Waals surface area contributed by atoms with Gasteiger partial charge in [-0.3, -0.25) is 4.79 Å². The van der Waals surface area contributed by atoms with Crippen molar-refractivity contribution in [2.24, 2.45) is 0 Å². The van der Waals surface area contributed by atoms with Crippen molar-refractivity contribution in [3.8, 4) is 0 Å². The van der Waals surface area contributed by atoms with E-state index >= 15 is 0 Å². The lowest BCUT2D eigenvalue weighted by Crippen LogP contribution is -2.09. The zero-order chi connectivity index (χ0) is 12.0. The van der Waals surface area contributed by atoms with Gasteiger partial charge in [-0.15, -0.1) is 23.4 Å². The van der Waals surface area contributed by atoms with Crippen LogP contribution in [0.5, 0.6) is 0 Å². The third kappa shape index (κ3) is 3.23. The van der Waals surface area contributed by atoms with Gasteiger partial charge in [0, 0.05) is 12.3 Å². The molecule has 0 bridgehead atoms. The van der Waals surface area contributed by atoms with Crippen molar-refractivity contribution in [1.29, 1.82) is 0 Å². The van der Waals surface area contributed by atoms with Gasteiger partial charge in [0.05, 0.1) is 0 Å². The molecule has 1 aromatic heterocycles. The predicted octanol–water partition coefficient (Wildman–Crippen LogP) is 1.37. The van der Waals surface area contributed by atoms with Crippen molar-refractivity contribution in [3.05, 3.63) is 31.1 Å². The summed E-state index contributed by atoms with van der Waals surface area (Å²) in [5, 5.41) is 17.2. The third-order valence-corrected chi connectivity index (χ3v) is 2.71. The highest BCUT2D eigenvalue weighted by molar-refractivity contribution is 7.99. The molecule has 1 rings (SSSR count). The van der Waals surface area contributed by atoms with Crippen LogP contribution in [-0.4, -0.2) is 31.6 Å². The second-order valence-electron chi connectivity index (χ2n) is 2.97. The lowest BCUT2D eigenvalue weighted by molar-refractivity contribution is -0.136. The molecule has 0 aliphatic rings. The number of hydrogen-bond donors (Lipinski definition) is 1. The van der Waals surface area contributed by atoms with Crippen molar-refractivity contribution in [3.63, 3.8) is 0 Å². The van der Waals surface area contributed by atoms with Crippen LogP contribution in [0.3, 0.4) is 0 Å². The SMILES string of the molecule is C=CCSc1nnc(CC(=O)O)n1CC=C. The number of hydrogen-bond acceptors (Lipinski definition) is 4. The summed E-state index contributed by atoms with van der Waals surface area (Å²) in [5.74, 6) is 0.236. The predicted molar refractivity (Wildman–Crippen MR) is 62.5 cm³/mol. The summed E-state index contributed by atoms with van der Waals surface area (Å²) in [5.41, 5.74) is 0. The second-order valence-corrected chi connectivity index (χ2v) is 3.96. The van der Waals surface area contributed by atoms with Crippen LogP contribution in [0.4, 0.5) is 0 Å². The summed E-state index contributed by atoms with van der Waals surface area (Å²) in [7, 11) is 0. The highest BCUT2D eigenvalue weighted by Crippen LogP contribution is 2.17. The van der Waals surface area contributed by atoms with Crippen LogP contribution in [0.15, 0.2) is 30.5 Å². The molecule has 1 heterocycles.